The first-order valence-electron chi connectivity index (χ1n) is 4.89. The van der Waals surface area contributed by atoms with E-state index in [9.17, 15) is 8.42 Å². The standard InChI is InChI=1S/C8H16N6O2S/c1-5-7(11-3-4-17(10,15)16)12-6(2)13-8(5)14-9/h3-4,9H2,1-2H3,(H2,10,15,16)(H2,11,12,13,14). The third-order valence-electron chi connectivity index (χ3n) is 2.07. The summed E-state index contributed by atoms with van der Waals surface area (Å²) in [5.74, 6) is 6.70. The number of nitrogens with zero attached hydrogens (tertiary/aromatic N) is 2. The molecular weight excluding hydrogens is 244 g/mol. The summed E-state index contributed by atoms with van der Waals surface area (Å²) in [5, 5.41) is 7.77. The van der Waals surface area contributed by atoms with E-state index >= 15 is 0 Å². The number of hydrogen-bond acceptors (Lipinski definition) is 7. The quantitative estimate of drug-likeness (QED) is 0.397. The Bertz CT molecular complexity index is 501. The normalized spacial score (nSPS) is 11.3. The predicted molar refractivity (Wildman–Crippen MR) is 65.8 cm³/mol. The number of rotatable bonds is 5. The van der Waals surface area contributed by atoms with Crippen LogP contribution in [0.2, 0.25) is 0 Å². The van der Waals surface area contributed by atoms with Crippen molar-refractivity contribution in [1.82, 2.24) is 9.97 Å². The number of sulfonamides is 1. The first-order valence-corrected chi connectivity index (χ1v) is 6.61. The minimum atomic E-state index is -3.48. The number of primary sulfonamides is 1. The number of aryl methyl sites for hydroxylation is 1. The van der Waals surface area contributed by atoms with Gasteiger partial charge in [-0.3, -0.25) is 0 Å². The molecule has 0 amide bonds. The van der Waals surface area contributed by atoms with E-state index < -0.39 is 10.0 Å². The lowest BCUT2D eigenvalue weighted by atomic mass is 10.3. The van der Waals surface area contributed by atoms with Gasteiger partial charge in [0.15, 0.2) is 0 Å². The van der Waals surface area contributed by atoms with Gasteiger partial charge in [0, 0.05) is 12.1 Å². The number of hydrogen-bond donors (Lipinski definition) is 4. The average molecular weight is 260 g/mol. The van der Waals surface area contributed by atoms with Gasteiger partial charge in [-0.05, 0) is 13.8 Å². The molecule has 1 rings (SSSR count). The van der Waals surface area contributed by atoms with Gasteiger partial charge in [-0.15, -0.1) is 0 Å². The lowest BCUT2D eigenvalue weighted by molar-refractivity contribution is 0.598. The van der Waals surface area contributed by atoms with Crippen molar-refractivity contribution in [2.75, 3.05) is 23.0 Å². The molecule has 1 aromatic rings. The Hall–Kier alpha value is -1.45. The van der Waals surface area contributed by atoms with E-state index in [2.05, 4.69) is 20.7 Å². The fourth-order valence-corrected chi connectivity index (χ4v) is 1.64. The molecule has 8 nitrogen and oxygen atoms in total. The summed E-state index contributed by atoms with van der Waals surface area (Å²) in [5.41, 5.74) is 3.16. The minimum Gasteiger partial charge on any atom is -0.369 e. The maximum atomic E-state index is 10.8. The van der Waals surface area contributed by atoms with E-state index in [1.807, 2.05) is 0 Å². The Morgan fingerprint density at radius 1 is 1.24 bits per heavy atom. The van der Waals surface area contributed by atoms with Crippen molar-refractivity contribution in [2.24, 2.45) is 11.0 Å². The molecule has 0 radical (unpaired) electrons. The maximum absolute atomic E-state index is 10.8. The van der Waals surface area contributed by atoms with Gasteiger partial charge >= 0.3 is 0 Å². The second-order valence-corrected chi connectivity index (χ2v) is 5.27. The van der Waals surface area contributed by atoms with Crippen molar-refractivity contribution in [2.45, 2.75) is 13.8 Å². The smallest absolute Gasteiger partial charge is 0.210 e. The van der Waals surface area contributed by atoms with Gasteiger partial charge in [0.25, 0.3) is 0 Å². The summed E-state index contributed by atoms with van der Waals surface area (Å²) in [6, 6.07) is 0. The van der Waals surface area contributed by atoms with Crippen LogP contribution in [0.4, 0.5) is 11.6 Å². The largest absolute Gasteiger partial charge is 0.369 e. The van der Waals surface area contributed by atoms with Gasteiger partial charge in [0.1, 0.15) is 17.5 Å². The number of hydrazine groups is 1. The van der Waals surface area contributed by atoms with E-state index in [0.29, 0.717) is 23.0 Å². The van der Waals surface area contributed by atoms with Gasteiger partial charge in [-0.2, -0.15) is 0 Å². The summed E-state index contributed by atoms with van der Waals surface area (Å²) in [4.78, 5) is 8.23. The van der Waals surface area contributed by atoms with Crippen LogP contribution in [-0.2, 0) is 10.0 Å². The molecule has 6 N–H and O–H groups in total. The first kappa shape index (κ1) is 13.6. The fraction of sp³-hybridized carbons (Fsp3) is 0.500. The molecule has 1 aromatic heterocycles. The molecular formula is C8H16N6O2S. The molecule has 0 fully saturated rings. The van der Waals surface area contributed by atoms with Crippen molar-refractivity contribution in [3.63, 3.8) is 0 Å². The highest BCUT2D eigenvalue weighted by Crippen LogP contribution is 2.18. The summed E-state index contributed by atoms with van der Waals surface area (Å²) in [7, 11) is -3.48. The zero-order chi connectivity index (χ0) is 13.1. The third-order valence-corrected chi connectivity index (χ3v) is 2.85. The van der Waals surface area contributed by atoms with Crippen molar-refractivity contribution < 1.29 is 8.42 Å². The number of nitrogen functional groups attached to an aromatic ring is 1. The van der Waals surface area contributed by atoms with Gasteiger partial charge in [0.2, 0.25) is 10.0 Å². The zero-order valence-corrected chi connectivity index (χ0v) is 10.5. The van der Waals surface area contributed by atoms with Crippen molar-refractivity contribution in [3.8, 4) is 0 Å². The van der Waals surface area contributed by atoms with Crippen LogP contribution < -0.4 is 21.7 Å². The summed E-state index contributed by atoms with van der Waals surface area (Å²) < 4.78 is 21.5. The Morgan fingerprint density at radius 2 is 1.82 bits per heavy atom. The van der Waals surface area contributed by atoms with Crippen LogP contribution in [-0.4, -0.2) is 30.7 Å². The zero-order valence-electron chi connectivity index (χ0n) is 9.69. The molecule has 1 heterocycles. The third kappa shape index (κ3) is 4.13. The monoisotopic (exact) mass is 260 g/mol. The second-order valence-electron chi connectivity index (χ2n) is 3.53. The molecule has 0 aliphatic heterocycles. The molecule has 0 saturated carbocycles. The van der Waals surface area contributed by atoms with Gasteiger partial charge < -0.3 is 10.7 Å². The molecule has 0 bridgehead atoms. The molecule has 17 heavy (non-hydrogen) atoms. The van der Waals surface area contributed by atoms with Gasteiger partial charge in [0.05, 0.1) is 5.75 Å². The Kier molecular flexibility index (Phi) is 4.21. The van der Waals surface area contributed by atoms with Crippen molar-refractivity contribution in [1.29, 1.82) is 0 Å². The van der Waals surface area contributed by atoms with Gasteiger partial charge in [-0.25, -0.2) is 29.4 Å². The lowest BCUT2D eigenvalue weighted by Gasteiger charge is -2.11. The van der Waals surface area contributed by atoms with E-state index in [4.69, 9.17) is 11.0 Å². The number of nitrogens with two attached hydrogens (primary N) is 2. The van der Waals surface area contributed by atoms with Crippen molar-refractivity contribution in [3.05, 3.63) is 11.4 Å². The minimum absolute atomic E-state index is 0.166. The topological polar surface area (TPSA) is 136 Å². The second kappa shape index (κ2) is 5.25. The molecule has 0 aromatic carbocycles. The highest BCUT2D eigenvalue weighted by atomic mass is 32.2. The summed E-state index contributed by atoms with van der Waals surface area (Å²) >= 11 is 0. The van der Waals surface area contributed by atoms with Crippen molar-refractivity contribution >= 4 is 21.7 Å². The highest BCUT2D eigenvalue weighted by molar-refractivity contribution is 7.89. The summed E-state index contributed by atoms with van der Waals surface area (Å²) in [6.07, 6.45) is 0. The Morgan fingerprint density at radius 3 is 2.35 bits per heavy atom. The molecule has 96 valence electrons. The number of anilines is 2. The predicted octanol–water partition coefficient (Wildman–Crippen LogP) is -0.921. The van der Waals surface area contributed by atoms with Crippen LogP contribution >= 0.6 is 0 Å². The van der Waals surface area contributed by atoms with Crippen LogP contribution in [0.15, 0.2) is 0 Å². The molecule has 0 unspecified atom stereocenters. The Balaban J connectivity index is 2.81. The van der Waals surface area contributed by atoms with E-state index in [-0.39, 0.29) is 12.3 Å². The number of nitrogens with one attached hydrogen (secondary N) is 2. The molecule has 0 saturated heterocycles. The first-order chi connectivity index (χ1) is 7.83. The summed E-state index contributed by atoms with van der Waals surface area (Å²) in [6.45, 7) is 3.67. The van der Waals surface area contributed by atoms with Crippen LogP contribution in [0, 0.1) is 13.8 Å². The molecule has 0 spiro atoms. The number of aromatic nitrogens is 2. The van der Waals surface area contributed by atoms with Crippen LogP contribution in [0.3, 0.4) is 0 Å². The van der Waals surface area contributed by atoms with Crippen LogP contribution in [0.25, 0.3) is 0 Å². The van der Waals surface area contributed by atoms with E-state index in [0.717, 1.165) is 0 Å². The SMILES string of the molecule is Cc1nc(NN)c(C)c(NCCS(N)(=O)=O)n1. The fourth-order valence-electron chi connectivity index (χ4n) is 1.25. The van der Waals surface area contributed by atoms with Crippen LogP contribution in [0.1, 0.15) is 11.4 Å². The molecule has 0 atom stereocenters. The average Bonchev–Trinajstić information content (AvgIpc) is 2.20. The van der Waals surface area contributed by atoms with Gasteiger partial charge in [-0.1, -0.05) is 0 Å². The lowest BCUT2D eigenvalue weighted by Crippen LogP contribution is -2.23. The van der Waals surface area contributed by atoms with E-state index in [1.54, 1.807) is 13.8 Å². The molecule has 0 aliphatic carbocycles. The van der Waals surface area contributed by atoms with E-state index in [1.165, 1.54) is 0 Å². The molecule has 9 heteroatoms. The Labute approximate surface area is 99.8 Å². The highest BCUT2D eigenvalue weighted by Gasteiger charge is 2.09. The maximum Gasteiger partial charge on any atom is 0.210 e. The molecule has 0 aliphatic rings. The van der Waals surface area contributed by atoms with Crippen LogP contribution in [0.5, 0.6) is 0 Å².